The molecular formula is C16H21N3. The van der Waals surface area contributed by atoms with E-state index in [4.69, 9.17) is 0 Å². The van der Waals surface area contributed by atoms with Gasteiger partial charge < -0.3 is 5.32 Å². The van der Waals surface area contributed by atoms with Crippen LogP contribution in [0.1, 0.15) is 41.4 Å². The maximum atomic E-state index is 4.56. The summed E-state index contributed by atoms with van der Waals surface area (Å²) in [7, 11) is 0. The molecular weight excluding hydrogens is 234 g/mol. The summed E-state index contributed by atoms with van der Waals surface area (Å²) < 4.78 is 0. The summed E-state index contributed by atoms with van der Waals surface area (Å²) in [6.45, 7) is 7.53. The molecule has 2 aromatic rings. The Labute approximate surface area is 114 Å². The van der Waals surface area contributed by atoms with Crippen LogP contribution in [-0.4, -0.2) is 16.7 Å². The third kappa shape index (κ3) is 2.19. The van der Waals surface area contributed by atoms with Crippen molar-refractivity contribution in [3.8, 4) is 11.1 Å². The van der Waals surface area contributed by atoms with E-state index in [1.165, 1.54) is 40.8 Å². The van der Waals surface area contributed by atoms with Crippen LogP contribution in [0.25, 0.3) is 11.1 Å². The zero-order chi connectivity index (χ0) is 13.4. The van der Waals surface area contributed by atoms with Gasteiger partial charge in [0.1, 0.15) is 0 Å². The molecule has 1 aliphatic rings. The molecule has 3 rings (SSSR count). The lowest BCUT2D eigenvalue weighted by Crippen LogP contribution is -2.14. The molecule has 0 saturated carbocycles. The van der Waals surface area contributed by atoms with Gasteiger partial charge in [-0.25, -0.2) is 0 Å². The third-order valence-electron chi connectivity index (χ3n) is 4.03. The fourth-order valence-corrected chi connectivity index (χ4v) is 2.96. The molecule has 1 atom stereocenters. The Balaban J connectivity index is 2.13. The summed E-state index contributed by atoms with van der Waals surface area (Å²) in [5, 5.41) is 11.3. The van der Waals surface area contributed by atoms with Gasteiger partial charge in [-0.15, -0.1) is 0 Å². The lowest BCUT2D eigenvalue weighted by molar-refractivity contribution is 0.626. The summed E-state index contributed by atoms with van der Waals surface area (Å²) in [5.74, 6) is 0. The van der Waals surface area contributed by atoms with Gasteiger partial charge in [-0.05, 0) is 51.3 Å². The van der Waals surface area contributed by atoms with E-state index in [2.05, 4.69) is 54.5 Å². The fraction of sp³-hybridized carbons (Fsp3) is 0.438. The van der Waals surface area contributed by atoms with Crippen molar-refractivity contribution in [2.24, 2.45) is 0 Å². The minimum Gasteiger partial charge on any atom is -0.309 e. The Hall–Kier alpha value is -1.61. The maximum absolute atomic E-state index is 4.56. The van der Waals surface area contributed by atoms with Crippen molar-refractivity contribution in [3.05, 3.63) is 40.7 Å². The van der Waals surface area contributed by atoms with E-state index in [0.717, 1.165) is 12.2 Å². The Kier molecular flexibility index (Phi) is 3.15. The number of hydrogen-bond donors (Lipinski definition) is 2. The predicted molar refractivity (Wildman–Crippen MR) is 78.2 cm³/mol. The van der Waals surface area contributed by atoms with E-state index in [-0.39, 0.29) is 0 Å². The number of benzene rings is 1. The van der Waals surface area contributed by atoms with Crippen LogP contribution in [0, 0.1) is 20.8 Å². The van der Waals surface area contributed by atoms with Gasteiger partial charge in [0.2, 0.25) is 0 Å². The molecule has 1 saturated heterocycles. The second kappa shape index (κ2) is 4.82. The van der Waals surface area contributed by atoms with E-state index < -0.39 is 0 Å². The van der Waals surface area contributed by atoms with E-state index in [1.54, 1.807) is 0 Å². The van der Waals surface area contributed by atoms with Crippen LogP contribution in [0.3, 0.4) is 0 Å². The molecule has 1 aromatic heterocycles. The van der Waals surface area contributed by atoms with Gasteiger partial charge in [-0.2, -0.15) is 5.10 Å². The Morgan fingerprint density at radius 2 is 2.05 bits per heavy atom. The first-order valence-electron chi connectivity index (χ1n) is 7.02. The number of nitrogens with one attached hydrogen (secondary N) is 2. The zero-order valence-electron chi connectivity index (χ0n) is 11.9. The minimum atomic E-state index is 0.403. The van der Waals surface area contributed by atoms with Crippen molar-refractivity contribution in [2.75, 3.05) is 6.54 Å². The van der Waals surface area contributed by atoms with Crippen molar-refractivity contribution >= 4 is 0 Å². The molecule has 0 radical (unpaired) electrons. The van der Waals surface area contributed by atoms with Gasteiger partial charge in [0.25, 0.3) is 0 Å². The highest BCUT2D eigenvalue weighted by atomic mass is 15.1. The molecule has 0 spiro atoms. The van der Waals surface area contributed by atoms with Crippen LogP contribution in [0.5, 0.6) is 0 Å². The Bertz CT molecular complexity index is 592. The SMILES string of the molecule is Cc1ccc(C)c(-c2c(C3CCCN3)n[nH]c2C)c1. The molecule has 1 aromatic carbocycles. The first kappa shape index (κ1) is 12.4. The number of H-pyrrole nitrogens is 1. The van der Waals surface area contributed by atoms with E-state index in [0.29, 0.717) is 6.04 Å². The molecule has 2 heterocycles. The van der Waals surface area contributed by atoms with Gasteiger partial charge >= 0.3 is 0 Å². The molecule has 3 nitrogen and oxygen atoms in total. The average molecular weight is 255 g/mol. The normalized spacial score (nSPS) is 19.0. The van der Waals surface area contributed by atoms with Gasteiger partial charge in [0.05, 0.1) is 11.7 Å². The second-order valence-corrected chi connectivity index (χ2v) is 5.58. The van der Waals surface area contributed by atoms with Crippen molar-refractivity contribution < 1.29 is 0 Å². The van der Waals surface area contributed by atoms with Crippen LogP contribution in [-0.2, 0) is 0 Å². The first-order valence-corrected chi connectivity index (χ1v) is 7.02. The fourth-order valence-electron chi connectivity index (χ4n) is 2.96. The molecule has 100 valence electrons. The molecule has 0 amide bonds. The van der Waals surface area contributed by atoms with Crippen LogP contribution in [0.4, 0.5) is 0 Å². The van der Waals surface area contributed by atoms with Crippen molar-refractivity contribution in [1.82, 2.24) is 15.5 Å². The number of aromatic amines is 1. The van der Waals surface area contributed by atoms with Gasteiger partial charge in [0, 0.05) is 11.3 Å². The third-order valence-corrected chi connectivity index (χ3v) is 4.03. The lowest BCUT2D eigenvalue weighted by Gasteiger charge is -2.13. The number of rotatable bonds is 2. The molecule has 19 heavy (non-hydrogen) atoms. The molecule has 0 bridgehead atoms. The topological polar surface area (TPSA) is 40.7 Å². The van der Waals surface area contributed by atoms with Crippen molar-refractivity contribution in [1.29, 1.82) is 0 Å². The highest BCUT2D eigenvalue weighted by Gasteiger charge is 2.24. The number of nitrogens with zero attached hydrogens (tertiary/aromatic N) is 1. The minimum absolute atomic E-state index is 0.403. The van der Waals surface area contributed by atoms with Gasteiger partial charge in [-0.1, -0.05) is 23.8 Å². The quantitative estimate of drug-likeness (QED) is 0.863. The molecule has 1 aliphatic heterocycles. The number of aromatic nitrogens is 2. The smallest absolute Gasteiger partial charge is 0.0872 e. The summed E-state index contributed by atoms with van der Waals surface area (Å²) >= 11 is 0. The highest BCUT2D eigenvalue weighted by Crippen LogP contribution is 2.35. The van der Waals surface area contributed by atoms with E-state index in [1.807, 2.05) is 0 Å². The predicted octanol–water partition coefficient (Wildman–Crippen LogP) is 3.43. The number of hydrogen-bond acceptors (Lipinski definition) is 2. The Morgan fingerprint density at radius 1 is 1.21 bits per heavy atom. The maximum Gasteiger partial charge on any atom is 0.0872 e. The molecule has 2 N–H and O–H groups in total. The molecule has 3 heteroatoms. The van der Waals surface area contributed by atoms with Gasteiger partial charge in [0.15, 0.2) is 0 Å². The zero-order valence-corrected chi connectivity index (χ0v) is 11.9. The Morgan fingerprint density at radius 3 is 2.79 bits per heavy atom. The summed E-state index contributed by atoms with van der Waals surface area (Å²) in [5.41, 5.74) is 7.57. The standard InChI is InChI=1S/C16H21N3/c1-10-6-7-11(2)13(9-10)15-12(3)18-19-16(15)14-5-4-8-17-14/h6-7,9,14,17H,4-5,8H2,1-3H3,(H,18,19). The summed E-state index contributed by atoms with van der Waals surface area (Å²) in [6.07, 6.45) is 2.42. The molecule has 1 unspecified atom stereocenters. The summed E-state index contributed by atoms with van der Waals surface area (Å²) in [6, 6.07) is 7.04. The first-order chi connectivity index (χ1) is 9.16. The van der Waals surface area contributed by atoms with Gasteiger partial charge in [-0.3, -0.25) is 5.10 Å². The largest absolute Gasteiger partial charge is 0.309 e. The summed E-state index contributed by atoms with van der Waals surface area (Å²) in [4.78, 5) is 0. The van der Waals surface area contributed by atoms with Crippen molar-refractivity contribution in [3.63, 3.8) is 0 Å². The van der Waals surface area contributed by atoms with E-state index >= 15 is 0 Å². The highest BCUT2D eigenvalue weighted by molar-refractivity contribution is 5.72. The number of aryl methyl sites for hydroxylation is 3. The van der Waals surface area contributed by atoms with Crippen LogP contribution in [0.15, 0.2) is 18.2 Å². The molecule has 0 aliphatic carbocycles. The lowest BCUT2D eigenvalue weighted by atomic mass is 9.94. The monoisotopic (exact) mass is 255 g/mol. The van der Waals surface area contributed by atoms with Crippen LogP contribution < -0.4 is 5.32 Å². The van der Waals surface area contributed by atoms with Crippen LogP contribution in [0.2, 0.25) is 0 Å². The average Bonchev–Trinajstić information content (AvgIpc) is 3.01. The molecule has 1 fully saturated rings. The second-order valence-electron chi connectivity index (χ2n) is 5.58. The van der Waals surface area contributed by atoms with E-state index in [9.17, 15) is 0 Å². The van der Waals surface area contributed by atoms with Crippen LogP contribution >= 0.6 is 0 Å². The van der Waals surface area contributed by atoms with Crippen molar-refractivity contribution in [2.45, 2.75) is 39.7 Å².